The van der Waals surface area contributed by atoms with Gasteiger partial charge < -0.3 is 15.4 Å². The van der Waals surface area contributed by atoms with Gasteiger partial charge in [-0.2, -0.15) is 0 Å². The van der Waals surface area contributed by atoms with Crippen molar-refractivity contribution in [3.05, 3.63) is 35.6 Å². The Bertz CT molecular complexity index is 519. The highest BCUT2D eigenvalue weighted by atomic mass is 19.1. The second kappa shape index (κ2) is 7.09. The normalized spacial score (nSPS) is 22.2. The molecule has 0 aromatic heterocycles. The van der Waals surface area contributed by atoms with Crippen molar-refractivity contribution >= 4 is 6.03 Å². The third-order valence-corrected chi connectivity index (χ3v) is 4.12. The molecule has 1 aromatic rings. The van der Waals surface area contributed by atoms with Crippen molar-refractivity contribution in [1.29, 1.82) is 0 Å². The Kier molecular flexibility index (Phi) is 5.40. The van der Waals surface area contributed by atoms with Crippen LogP contribution in [0.5, 0.6) is 0 Å². The number of benzene rings is 1. The molecule has 1 aromatic carbocycles. The summed E-state index contributed by atoms with van der Waals surface area (Å²) in [7, 11) is 0. The van der Waals surface area contributed by atoms with Crippen LogP contribution < -0.4 is 10.6 Å². The first-order chi connectivity index (χ1) is 10.4. The number of ether oxygens (including phenoxy) is 1. The van der Waals surface area contributed by atoms with E-state index in [1.807, 2.05) is 26.8 Å². The van der Waals surface area contributed by atoms with Gasteiger partial charge in [-0.25, -0.2) is 9.18 Å². The van der Waals surface area contributed by atoms with Gasteiger partial charge in [0, 0.05) is 24.6 Å². The summed E-state index contributed by atoms with van der Waals surface area (Å²) in [6.07, 6.45) is 1.86. The fourth-order valence-corrected chi connectivity index (χ4v) is 2.68. The molecule has 0 unspecified atom stereocenters. The standard InChI is InChI=1S/C17H25FN2O2/c1-12-9-15(7-8-22-12)20-16(21)19-11-17(2,3)13-5-4-6-14(18)10-13/h4-6,10,12,15H,7-9,11H2,1-3H3,(H2,19,20,21)/t12-,15-/m0/s1. The number of amides is 2. The monoisotopic (exact) mass is 308 g/mol. The molecule has 0 saturated carbocycles. The Morgan fingerprint density at radius 1 is 1.45 bits per heavy atom. The number of carbonyl (C=O) groups excluding carboxylic acids is 1. The van der Waals surface area contributed by atoms with Crippen LogP contribution in [0.1, 0.15) is 39.2 Å². The molecule has 0 aliphatic carbocycles. The van der Waals surface area contributed by atoms with Gasteiger partial charge in [-0.1, -0.05) is 26.0 Å². The van der Waals surface area contributed by atoms with E-state index in [1.54, 1.807) is 6.07 Å². The second-order valence-electron chi connectivity index (χ2n) is 6.62. The minimum Gasteiger partial charge on any atom is -0.378 e. The van der Waals surface area contributed by atoms with Crippen LogP contribution in [0.25, 0.3) is 0 Å². The number of hydrogen-bond acceptors (Lipinski definition) is 2. The molecule has 22 heavy (non-hydrogen) atoms. The van der Waals surface area contributed by atoms with Crippen LogP contribution in [0, 0.1) is 5.82 Å². The average Bonchev–Trinajstić information content (AvgIpc) is 2.45. The van der Waals surface area contributed by atoms with Crippen molar-refractivity contribution in [2.45, 2.75) is 51.2 Å². The van der Waals surface area contributed by atoms with E-state index in [9.17, 15) is 9.18 Å². The van der Waals surface area contributed by atoms with Crippen LogP contribution in [0.2, 0.25) is 0 Å². The molecule has 2 N–H and O–H groups in total. The van der Waals surface area contributed by atoms with E-state index in [4.69, 9.17) is 4.74 Å². The van der Waals surface area contributed by atoms with Gasteiger partial charge in [-0.15, -0.1) is 0 Å². The molecule has 2 rings (SSSR count). The summed E-state index contributed by atoms with van der Waals surface area (Å²) in [5.41, 5.74) is 0.537. The fourth-order valence-electron chi connectivity index (χ4n) is 2.68. The third kappa shape index (κ3) is 4.70. The fraction of sp³-hybridized carbons (Fsp3) is 0.588. The van der Waals surface area contributed by atoms with Crippen molar-refractivity contribution in [2.75, 3.05) is 13.2 Å². The van der Waals surface area contributed by atoms with Crippen LogP contribution >= 0.6 is 0 Å². The van der Waals surface area contributed by atoms with Gasteiger partial charge in [0.1, 0.15) is 5.82 Å². The van der Waals surface area contributed by atoms with Crippen LogP contribution in [-0.4, -0.2) is 31.3 Å². The van der Waals surface area contributed by atoms with Gasteiger partial charge in [0.05, 0.1) is 6.10 Å². The van der Waals surface area contributed by atoms with E-state index in [0.29, 0.717) is 13.2 Å². The van der Waals surface area contributed by atoms with E-state index in [2.05, 4.69) is 10.6 Å². The van der Waals surface area contributed by atoms with E-state index >= 15 is 0 Å². The molecule has 0 bridgehead atoms. The predicted octanol–water partition coefficient (Wildman–Crippen LogP) is 2.97. The molecule has 0 radical (unpaired) electrons. The van der Waals surface area contributed by atoms with Crippen molar-refractivity contribution in [3.63, 3.8) is 0 Å². The summed E-state index contributed by atoms with van der Waals surface area (Å²) in [4.78, 5) is 12.0. The van der Waals surface area contributed by atoms with E-state index < -0.39 is 0 Å². The molecule has 1 fully saturated rings. The zero-order valence-corrected chi connectivity index (χ0v) is 13.5. The molecule has 5 heteroatoms. The quantitative estimate of drug-likeness (QED) is 0.898. The molecule has 1 heterocycles. The number of halogens is 1. The number of hydrogen-bond donors (Lipinski definition) is 2. The highest BCUT2D eigenvalue weighted by Gasteiger charge is 2.24. The maximum absolute atomic E-state index is 13.3. The Morgan fingerprint density at radius 3 is 2.91 bits per heavy atom. The lowest BCUT2D eigenvalue weighted by molar-refractivity contribution is 0.0154. The lowest BCUT2D eigenvalue weighted by Gasteiger charge is -2.29. The summed E-state index contributed by atoms with van der Waals surface area (Å²) in [6, 6.07) is 6.48. The minimum atomic E-state index is -0.331. The largest absolute Gasteiger partial charge is 0.378 e. The van der Waals surface area contributed by atoms with Crippen molar-refractivity contribution in [3.8, 4) is 0 Å². The number of rotatable bonds is 4. The predicted molar refractivity (Wildman–Crippen MR) is 84.4 cm³/mol. The highest BCUT2D eigenvalue weighted by molar-refractivity contribution is 5.74. The SMILES string of the molecule is C[C@H]1C[C@@H](NC(=O)NCC(C)(C)c2cccc(F)c2)CCO1. The third-order valence-electron chi connectivity index (χ3n) is 4.12. The van der Waals surface area contributed by atoms with Gasteiger partial charge in [0.2, 0.25) is 0 Å². The molecule has 1 aliphatic rings. The average molecular weight is 308 g/mol. The summed E-state index contributed by atoms with van der Waals surface area (Å²) in [6.45, 7) is 7.11. The first-order valence-corrected chi connectivity index (χ1v) is 7.79. The molecule has 122 valence electrons. The number of urea groups is 1. The zero-order chi connectivity index (χ0) is 16.2. The van der Waals surface area contributed by atoms with Crippen molar-refractivity contribution < 1.29 is 13.9 Å². The lowest BCUT2D eigenvalue weighted by atomic mass is 9.84. The summed E-state index contributed by atoms with van der Waals surface area (Å²) in [5.74, 6) is -0.258. The molecule has 0 spiro atoms. The Morgan fingerprint density at radius 2 is 2.23 bits per heavy atom. The Labute approximate surface area is 131 Å². The van der Waals surface area contributed by atoms with E-state index in [-0.39, 0.29) is 29.4 Å². The molecule has 1 saturated heterocycles. The van der Waals surface area contributed by atoms with Gasteiger partial charge in [0.15, 0.2) is 0 Å². The smallest absolute Gasteiger partial charge is 0.315 e. The maximum Gasteiger partial charge on any atom is 0.315 e. The van der Waals surface area contributed by atoms with Crippen LogP contribution in [0.15, 0.2) is 24.3 Å². The molecule has 2 atom stereocenters. The van der Waals surface area contributed by atoms with Gasteiger partial charge >= 0.3 is 6.03 Å². The first kappa shape index (κ1) is 16.7. The maximum atomic E-state index is 13.3. The van der Waals surface area contributed by atoms with Crippen molar-refractivity contribution in [1.82, 2.24) is 10.6 Å². The van der Waals surface area contributed by atoms with E-state index in [0.717, 1.165) is 18.4 Å². The number of nitrogens with one attached hydrogen (secondary N) is 2. The van der Waals surface area contributed by atoms with Gasteiger partial charge in [0.25, 0.3) is 0 Å². The van der Waals surface area contributed by atoms with Crippen LogP contribution in [0.3, 0.4) is 0 Å². The van der Waals surface area contributed by atoms with Crippen molar-refractivity contribution in [2.24, 2.45) is 0 Å². The zero-order valence-electron chi connectivity index (χ0n) is 13.5. The van der Waals surface area contributed by atoms with Gasteiger partial charge in [-0.3, -0.25) is 0 Å². The van der Waals surface area contributed by atoms with Gasteiger partial charge in [-0.05, 0) is 37.5 Å². The Hall–Kier alpha value is -1.62. The van der Waals surface area contributed by atoms with Crippen LogP contribution in [0.4, 0.5) is 9.18 Å². The lowest BCUT2D eigenvalue weighted by Crippen LogP contribution is -2.48. The molecular formula is C17H25FN2O2. The molecule has 4 nitrogen and oxygen atoms in total. The molecular weight excluding hydrogens is 283 g/mol. The second-order valence-corrected chi connectivity index (χ2v) is 6.62. The van der Waals surface area contributed by atoms with E-state index in [1.165, 1.54) is 12.1 Å². The topological polar surface area (TPSA) is 50.4 Å². The van der Waals surface area contributed by atoms with Crippen LogP contribution in [-0.2, 0) is 10.2 Å². The summed E-state index contributed by atoms with van der Waals surface area (Å²) < 4.78 is 18.8. The number of carbonyl (C=O) groups is 1. The molecule has 2 amide bonds. The summed E-state index contributed by atoms with van der Waals surface area (Å²) in [5, 5.41) is 5.87. The highest BCUT2D eigenvalue weighted by Crippen LogP contribution is 2.22. The summed E-state index contributed by atoms with van der Waals surface area (Å²) >= 11 is 0. The minimum absolute atomic E-state index is 0.154. The first-order valence-electron chi connectivity index (χ1n) is 7.79. The Balaban J connectivity index is 1.84. The molecule has 1 aliphatic heterocycles.